The van der Waals surface area contributed by atoms with Gasteiger partial charge in [0.25, 0.3) is 0 Å². The first-order valence-electron chi connectivity index (χ1n) is 10.4. The molecule has 35 heavy (non-hydrogen) atoms. The number of amides is 2. The van der Waals surface area contributed by atoms with Crippen molar-refractivity contribution >= 4 is 69.0 Å². The molecule has 202 valence electrons. The normalized spacial score (nSPS) is 18.5. The van der Waals surface area contributed by atoms with Crippen molar-refractivity contribution < 1.29 is 36.8 Å². The second kappa shape index (κ2) is 12.5. The number of guanidine groups is 1. The molecule has 5 N–H and O–H groups in total. The van der Waals surface area contributed by atoms with Gasteiger partial charge in [0.05, 0.1) is 6.04 Å². The number of carbonyl (C=O) groups excluding carboxylic acids is 2. The summed E-state index contributed by atoms with van der Waals surface area (Å²) in [5.74, 6) is -2.77. The summed E-state index contributed by atoms with van der Waals surface area (Å²) < 4.78 is 33.8. The van der Waals surface area contributed by atoms with Crippen LogP contribution in [0.1, 0.15) is 41.0 Å². The lowest BCUT2D eigenvalue weighted by Gasteiger charge is -2.31. The number of nitrogens with zero attached hydrogens (tertiary/aromatic N) is 1. The van der Waals surface area contributed by atoms with E-state index in [1.54, 1.807) is 34.6 Å². The summed E-state index contributed by atoms with van der Waals surface area (Å²) >= 11 is 16.4. The molecule has 0 spiro atoms. The monoisotopic (exact) mass is 581 g/mol. The van der Waals surface area contributed by atoms with Gasteiger partial charge in [0.2, 0.25) is 9.75 Å². The van der Waals surface area contributed by atoms with Crippen molar-refractivity contribution in [2.75, 3.05) is 13.2 Å². The van der Waals surface area contributed by atoms with E-state index in [4.69, 9.17) is 39.5 Å². The van der Waals surface area contributed by atoms with Crippen LogP contribution < -0.4 is 20.7 Å². The molecule has 17 heteroatoms. The Bertz CT molecular complexity index is 918. The third kappa shape index (κ3) is 12.2. The molecule has 0 bridgehead atoms. The fraction of sp³-hybridized carbons (Fsp3) is 0.778. The standard InChI is InChI=1S/C18H30Cl3N5O8S/c1-9(2)11(14(29)34-17(3,4)5)24-16(30)25-12(13(27)28)10-6-7-22-15(23-10)26-35(31,32)33-8-18(19,20)21/h9-12H,6-8H2,1-5H3,(H,27,28)(H2,22,23,26)(H2,24,25,30)/t10-,11+,12+/m1/s1. The van der Waals surface area contributed by atoms with E-state index in [9.17, 15) is 27.9 Å². The minimum atomic E-state index is -4.45. The first-order valence-corrected chi connectivity index (χ1v) is 12.9. The van der Waals surface area contributed by atoms with Crippen LogP contribution in [0.15, 0.2) is 4.99 Å². The van der Waals surface area contributed by atoms with Gasteiger partial charge in [0, 0.05) is 6.54 Å². The second-order valence-electron chi connectivity index (χ2n) is 8.89. The van der Waals surface area contributed by atoms with Crippen LogP contribution in [0.3, 0.4) is 0 Å². The molecule has 13 nitrogen and oxygen atoms in total. The predicted molar refractivity (Wildman–Crippen MR) is 130 cm³/mol. The highest BCUT2D eigenvalue weighted by molar-refractivity contribution is 7.85. The Morgan fingerprint density at radius 2 is 1.80 bits per heavy atom. The van der Waals surface area contributed by atoms with Gasteiger partial charge in [-0.05, 0) is 33.1 Å². The summed E-state index contributed by atoms with van der Waals surface area (Å²) in [7, 11) is -4.45. The zero-order valence-electron chi connectivity index (χ0n) is 19.7. The number of rotatable bonds is 9. The van der Waals surface area contributed by atoms with E-state index in [-0.39, 0.29) is 24.8 Å². The maximum Gasteiger partial charge on any atom is 0.362 e. The predicted octanol–water partition coefficient (Wildman–Crippen LogP) is 1.04. The molecule has 0 saturated heterocycles. The Morgan fingerprint density at radius 1 is 1.20 bits per heavy atom. The molecule has 0 radical (unpaired) electrons. The van der Waals surface area contributed by atoms with Crippen LogP contribution in [-0.4, -0.2) is 78.1 Å². The third-order valence-electron chi connectivity index (χ3n) is 4.20. The van der Waals surface area contributed by atoms with Crippen LogP contribution in [0, 0.1) is 5.92 Å². The third-order valence-corrected chi connectivity index (χ3v) is 5.40. The largest absolute Gasteiger partial charge is 0.480 e. The molecule has 0 fully saturated rings. The van der Waals surface area contributed by atoms with Crippen molar-refractivity contribution in [2.45, 2.75) is 68.6 Å². The Morgan fingerprint density at radius 3 is 2.29 bits per heavy atom. The maximum atomic E-state index is 12.6. The Hall–Kier alpha value is -1.74. The molecule has 0 aromatic carbocycles. The molecule has 0 aromatic rings. The van der Waals surface area contributed by atoms with Crippen molar-refractivity contribution in [3.05, 3.63) is 0 Å². The van der Waals surface area contributed by atoms with Gasteiger partial charge < -0.3 is 25.8 Å². The molecule has 2 amide bonds. The molecule has 1 heterocycles. The lowest BCUT2D eigenvalue weighted by molar-refractivity contribution is -0.158. The number of carboxylic acid groups (broad SMARTS) is 1. The van der Waals surface area contributed by atoms with E-state index >= 15 is 0 Å². The minimum Gasteiger partial charge on any atom is -0.480 e. The molecular weight excluding hydrogens is 553 g/mol. The Kier molecular flexibility index (Phi) is 11.2. The summed E-state index contributed by atoms with van der Waals surface area (Å²) in [5.41, 5.74) is -0.788. The number of ether oxygens (including phenoxy) is 1. The number of esters is 1. The quantitative estimate of drug-likeness (QED) is 0.196. The number of nitrogens with one attached hydrogen (secondary N) is 4. The average Bonchev–Trinajstić information content (AvgIpc) is 2.66. The van der Waals surface area contributed by atoms with E-state index in [0.717, 1.165) is 0 Å². The fourth-order valence-corrected chi connectivity index (χ4v) is 3.84. The lowest BCUT2D eigenvalue weighted by atomic mass is 10.0. The van der Waals surface area contributed by atoms with Crippen LogP contribution in [0.5, 0.6) is 0 Å². The van der Waals surface area contributed by atoms with Crippen LogP contribution in [0.2, 0.25) is 0 Å². The minimum absolute atomic E-state index is 0.0274. The average molecular weight is 583 g/mol. The van der Waals surface area contributed by atoms with Crippen LogP contribution in [0.25, 0.3) is 0 Å². The maximum absolute atomic E-state index is 12.6. The molecule has 1 rings (SSSR count). The first kappa shape index (κ1) is 31.3. The van der Waals surface area contributed by atoms with Gasteiger partial charge in [0.15, 0.2) is 0 Å². The SMILES string of the molecule is CC(C)[C@H](NC(=O)N[C@H](C(=O)O)[C@H]1CCN=C(NS(=O)(=O)OCC(Cl)(Cl)Cl)N1)C(=O)OC(C)(C)C. The summed E-state index contributed by atoms with van der Waals surface area (Å²) in [5, 5.41) is 17.0. The molecule has 0 aromatic heterocycles. The zero-order chi connectivity index (χ0) is 27.2. The van der Waals surface area contributed by atoms with E-state index < -0.39 is 62.4 Å². The first-order chi connectivity index (χ1) is 15.8. The molecule has 0 unspecified atom stereocenters. The number of alkyl halides is 3. The fourth-order valence-electron chi connectivity index (χ4n) is 2.73. The van der Waals surface area contributed by atoms with E-state index in [1.165, 1.54) is 0 Å². The van der Waals surface area contributed by atoms with Gasteiger partial charge >= 0.3 is 28.3 Å². The highest BCUT2D eigenvalue weighted by atomic mass is 35.6. The summed E-state index contributed by atoms with van der Waals surface area (Å²) in [6.07, 6.45) is 0.136. The van der Waals surface area contributed by atoms with Crippen LogP contribution >= 0.6 is 34.8 Å². The summed E-state index contributed by atoms with van der Waals surface area (Å²) in [4.78, 5) is 40.8. The molecule has 0 saturated carbocycles. The number of hydrogen-bond donors (Lipinski definition) is 5. The van der Waals surface area contributed by atoms with Crippen molar-refractivity contribution in [3.8, 4) is 0 Å². The number of halogens is 3. The van der Waals surface area contributed by atoms with Crippen molar-refractivity contribution in [3.63, 3.8) is 0 Å². The lowest BCUT2D eigenvalue weighted by Crippen LogP contribution is -2.62. The molecule has 0 aliphatic carbocycles. The molecular formula is C18H30Cl3N5O8S. The second-order valence-corrected chi connectivity index (χ2v) is 12.8. The van der Waals surface area contributed by atoms with Gasteiger partial charge in [-0.15, -0.1) is 0 Å². The number of aliphatic imine (C=N–C) groups is 1. The highest BCUT2D eigenvalue weighted by Gasteiger charge is 2.35. The van der Waals surface area contributed by atoms with E-state index in [1.807, 2.05) is 4.72 Å². The molecule has 1 aliphatic heterocycles. The smallest absolute Gasteiger partial charge is 0.362 e. The van der Waals surface area contributed by atoms with Crippen LogP contribution in [-0.2, 0) is 28.8 Å². The van der Waals surface area contributed by atoms with Crippen molar-refractivity contribution in [1.29, 1.82) is 0 Å². The van der Waals surface area contributed by atoms with Gasteiger partial charge in [-0.3, -0.25) is 4.99 Å². The number of carbonyl (C=O) groups is 3. The van der Waals surface area contributed by atoms with Gasteiger partial charge in [-0.25, -0.2) is 23.3 Å². The van der Waals surface area contributed by atoms with Crippen LogP contribution in [0.4, 0.5) is 4.79 Å². The van der Waals surface area contributed by atoms with Gasteiger partial charge in [-0.2, -0.15) is 8.42 Å². The summed E-state index contributed by atoms with van der Waals surface area (Å²) in [6.45, 7) is 7.64. The molecule has 1 aliphatic rings. The van der Waals surface area contributed by atoms with Crippen molar-refractivity contribution in [1.82, 2.24) is 20.7 Å². The van der Waals surface area contributed by atoms with E-state index in [2.05, 4.69) is 25.1 Å². The Balaban J connectivity index is 2.85. The van der Waals surface area contributed by atoms with Crippen molar-refractivity contribution in [2.24, 2.45) is 10.9 Å². The zero-order valence-corrected chi connectivity index (χ0v) is 22.8. The van der Waals surface area contributed by atoms with E-state index in [0.29, 0.717) is 0 Å². The number of hydrogen-bond acceptors (Lipinski definition) is 9. The topological polar surface area (TPSA) is 185 Å². The number of urea groups is 1. The number of carboxylic acids is 1. The number of aliphatic carboxylic acids is 1. The van der Waals surface area contributed by atoms with Gasteiger partial charge in [-0.1, -0.05) is 48.7 Å². The van der Waals surface area contributed by atoms with Gasteiger partial charge in [0.1, 0.15) is 24.3 Å². The highest BCUT2D eigenvalue weighted by Crippen LogP contribution is 2.26. The summed E-state index contributed by atoms with van der Waals surface area (Å²) in [6, 6.07) is -4.46. The Labute approximate surface area is 218 Å². The molecule has 3 atom stereocenters.